The molecule has 4 rings (SSSR count). The number of methoxy groups -OCH3 is 1. The summed E-state index contributed by atoms with van der Waals surface area (Å²) >= 11 is 0. The average molecular weight is 518 g/mol. The number of rotatable bonds is 5. The van der Waals surface area contributed by atoms with E-state index in [1.807, 2.05) is 0 Å². The second kappa shape index (κ2) is 9.30. The Morgan fingerprint density at radius 3 is 2.16 bits per heavy atom. The molecule has 37 heavy (non-hydrogen) atoms. The quantitative estimate of drug-likeness (QED) is 0.149. The van der Waals surface area contributed by atoms with Crippen LogP contribution in [0.4, 0.5) is 13.2 Å². The van der Waals surface area contributed by atoms with Crippen molar-refractivity contribution in [3.05, 3.63) is 75.2 Å². The summed E-state index contributed by atoms with van der Waals surface area (Å²) in [5.41, 5.74) is -2.70. The Morgan fingerprint density at radius 2 is 1.57 bits per heavy atom. The van der Waals surface area contributed by atoms with Gasteiger partial charge in [0.15, 0.2) is 34.7 Å². The van der Waals surface area contributed by atoms with Crippen LogP contribution in [0.1, 0.15) is 23.5 Å². The Morgan fingerprint density at radius 1 is 0.919 bits per heavy atom. The molecule has 12 heteroatoms. The summed E-state index contributed by atoms with van der Waals surface area (Å²) in [6.45, 7) is 0. The second-order valence-corrected chi connectivity index (χ2v) is 7.98. The van der Waals surface area contributed by atoms with E-state index >= 15 is 0 Å². The van der Waals surface area contributed by atoms with E-state index in [0.717, 1.165) is 25.3 Å². The molecule has 4 aromatic rings. The van der Waals surface area contributed by atoms with Crippen LogP contribution in [0.3, 0.4) is 0 Å². The number of aromatic hydroxyl groups is 5. The monoisotopic (exact) mass is 518 g/mol. The molecule has 1 unspecified atom stereocenters. The number of carbonyl (C=O) groups excluding carboxylic acids is 1. The molecule has 192 valence electrons. The van der Waals surface area contributed by atoms with Gasteiger partial charge < -0.3 is 34.7 Å². The summed E-state index contributed by atoms with van der Waals surface area (Å²) in [6, 6.07) is 4.97. The van der Waals surface area contributed by atoms with Gasteiger partial charge in [0.25, 0.3) is 0 Å². The molecule has 0 aliphatic heterocycles. The minimum absolute atomic E-state index is 0.121. The van der Waals surface area contributed by atoms with Gasteiger partial charge in [-0.1, -0.05) is 0 Å². The zero-order valence-corrected chi connectivity index (χ0v) is 18.8. The highest BCUT2D eigenvalue weighted by atomic mass is 19.2. The van der Waals surface area contributed by atoms with Gasteiger partial charge in [0, 0.05) is 23.1 Å². The molecule has 1 heterocycles. The van der Waals surface area contributed by atoms with Crippen molar-refractivity contribution in [1.29, 1.82) is 0 Å². The van der Waals surface area contributed by atoms with Gasteiger partial charge >= 0.3 is 5.97 Å². The summed E-state index contributed by atoms with van der Waals surface area (Å²) < 4.78 is 52.1. The fraction of sp³-hybridized carbons (Fsp3) is 0.120. The van der Waals surface area contributed by atoms with Crippen LogP contribution in [-0.4, -0.2) is 38.6 Å². The Balaban J connectivity index is 2.11. The van der Waals surface area contributed by atoms with Gasteiger partial charge in [-0.2, -0.15) is 0 Å². The maximum absolute atomic E-state index is 14.1. The third-order valence-corrected chi connectivity index (χ3v) is 5.73. The maximum atomic E-state index is 14.1. The molecule has 0 amide bonds. The molecule has 3 aromatic carbocycles. The molecule has 0 bridgehead atoms. The van der Waals surface area contributed by atoms with E-state index < -0.39 is 92.2 Å². The lowest BCUT2D eigenvalue weighted by Gasteiger charge is -2.21. The fourth-order valence-electron chi connectivity index (χ4n) is 3.95. The van der Waals surface area contributed by atoms with E-state index in [0.29, 0.717) is 18.2 Å². The summed E-state index contributed by atoms with van der Waals surface area (Å²) in [7, 11) is 1.02. The first-order chi connectivity index (χ1) is 17.4. The minimum atomic E-state index is -1.79. The molecule has 0 radical (unpaired) electrons. The van der Waals surface area contributed by atoms with Crippen LogP contribution >= 0.6 is 0 Å². The Kier molecular flexibility index (Phi) is 6.34. The molecule has 0 saturated heterocycles. The van der Waals surface area contributed by atoms with Crippen molar-refractivity contribution >= 4 is 16.9 Å². The van der Waals surface area contributed by atoms with E-state index in [9.17, 15) is 48.3 Å². The van der Waals surface area contributed by atoms with Gasteiger partial charge in [-0.25, -0.2) is 13.2 Å². The first-order valence-electron chi connectivity index (χ1n) is 10.4. The van der Waals surface area contributed by atoms with E-state index in [-0.39, 0.29) is 11.1 Å². The lowest BCUT2D eigenvalue weighted by molar-refractivity contribution is -0.140. The SMILES string of the molecule is COC(=O)CC(c1cc(F)c(F)c(F)c1)c1c(O)cc(O)c2c(=O)c(O)c(-c3ccc(O)c(O)c3)oc12. The van der Waals surface area contributed by atoms with E-state index in [1.165, 1.54) is 0 Å². The summed E-state index contributed by atoms with van der Waals surface area (Å²) in [6.07, 6.45) is -0.686. The summed E-state index contributed by atoms with van der Waals surface area (Å²) in [4.78, 5) is 25.2. The number of phenolic OH excluding ortho intramolecular Hbond substituents is 4. The molecular weight excluding hydrogens is 501 g/mol. The van der Waals surface area contributed by atoms with Crippen LogP contribution in [0, 0.1) is 17.5 Å². The van der Waals surface area contributed by atoms with Crippen LogP contribution in [0.15, 0.2) is 45.6 Å². The highest BCUT2D eigenvalue weighted by Crippen LogP contribution is 2.45. The molecule has 1 atom stereocenters. The highest BCUT2D eigenvalue weighted by Gasteiger charge is 2.31. The number of hydrogen-bond acceptors (Lipinski definition) is 9. The Labute approximate surface area is 204 Å². The number of halogens is 3. The van der Waals surface area contributed by atoms with Gasteiger partial charge in [0.2, 0.25) is 11.2 Å². The predicted molar refractivity (Wildman–Crippen MR) is 121 cm³/mol. The largest absolute Gasteiger partial charge is 0.507 e. The molecule has 0 saturated carbocycles. The molecular formula is C25H17F3O9. The number of hydrogen-bond donors (Lipinski definition) is 5. The normalized spacial score (nSPS) is 12.0. The predicted octanol–water partition coefficient (Wildman–Crippen LogP) is 4.10. The number of esters is 1. The van der Waals surface area contributed by atoms with Crippen molar-refractivity contribution in [1.82, 2.24) is 0 Å². The van der Waals surface area contributed by atoms with Crippen molar-refractivity contribution in [3.8, 4) is 40.1 Å². The van der Waals surface area contributed by atoms with Gasteiger partial charge in [-0.15, -0.1) is 0 Å². The van der Waals surface area contributed by atoms with Crippen molar-refractivity contribution in [2.75, 3.05) is 7.11 Å². The van der Waals surface area contributed by atoms with Gasteiger partial charge in [-0.3, -0.25) is 9.59 Å². The second-order valence-electron chi connectivity index (χ2n) is 7.98. The minimum Gasteiger partial charge on any atom is -0.507 e. The molecule has 0 aliphatic carbocycles. The first kappa shape index (κ1) is 25.2. The van der Waals surface area contributed by atoms with E-state index in [2.05, 4.69) is 4.74 Å². The lowest BCUT2D eigenvalue weighted by atomic mass is 9.86. The smallest absolute Gasteiger partial charge is 0.306 e. The molecule has 9 nitrogen and oxygen atoms in total. The van der Waals surface area contributed by atoms with Crippen LogP contribution in [0.5, 0.6) is 28.7 Å². The molecule has 5 N–H and O–H groups in total. The number of carbonyl (C=O) groups is 1. The topological polar surface area (TPSA) is 158 Å². The van der Waals surface area contributed by atoms with Crippen LogP contribution in [-0.2, 0) is 9.53 Å². The van der Waals surface area contributed by atoms with Crippen molar-refractivity contribution < 1.29 is 52.7 Å². The van der Waals surface area contributed by atoms with Crippen LogP contribution in [0.2, 0.25) is 0 Å². The number of phenols is 4. The summed E-state index contributed by atoms with van der Waals surface area (Å²) in [5, 5.41) is 50.3. The Hall–Kier alpha value is -4.87. The third-order valence-electron chi connectivity index (χ3n) is 5.73. The molecule has 0 aliphatic rings. The van der Waals surface area contributed by atoms with E-state index in [1.54, 1.807) is 0 Å². The van der Waals surface area contributed by atoms with Crippen LogP contribution < -0.4 is 5.43 Å². The van der Waals surface area contributed by atoms with Crippen molar-refractivity contribution in [2.45, 2.75) is 12.3 Å². The zero-order chi connectivity index (χ0) is 27.2. The number of ether oxygens (including phenoxy) is 1. The van der Waals surface area contributed by atoms with Gasteiger partial charge in [0.05, 0.1) is 13.5 Å². The van der Waals surface area contributed by atoms with Crippen molar-refractivity contribution in [3.63, 3.8) is 0 Å². The van der Waals surface area contributed by atoms with E-state index in [4.69, 9.17) is 4.42 Å². The average Bonchev–Trinajstić information content (AvgIpc) is 2.84. The lowest BCUT2D eigenvalue weighted by Crippen LogP contribution is -2.13. The molecule has 0 spiro atoms. The molecule has 0 fully saturated rings. The molecule has 1 aromatic heterocycles. The van der Waals surface area contributed by atoms with Crippen molar-refractivity contribution in [2.24, 2.45) is 0 Å². The number of fused-ring (bicyclic) bond motifs is 1. The third kappa shape index (κ3) is 4.33. The highest BCUT2D eigenvalue weighted by molar-refractivity contribution is 5.92. The van der Waals surface area contributed by atoms with Crippen LogP contribution in [0.25, 0.3) is 22.3 Å². The maximum Gasteiger partial charge on any atom is 0.306 e. The number of benzene rings is 3. The zero-order valence-electron chi connectivity index (χ0n) is 18.8. The Bertz CT molecular complexity index is 1610. The van der Waals surface area contributed by atoms with Gasteiger partial charge in [0.1, 0.15) is 22.5 Å². The standard InChI is InChI=1S/C25H17F3O9/c1-36-18(33)7-11(10-4-12(26)21(28)13(27)5-10)19-16(31)8-17(32)20-22(34)23(35)24(37-25(19)20)9-2-3-14(29)15(30)6-9/h2-6,8,11,29-32,35H,7H2,1H3. The first-order valence-corrected chi connectivity index (χ1v) is 10.4. The fourth-order valence-corrected chi connectivity index (χ4v) is 3.95. The summed E-state index contributed by atoms with van der Waals surface area (Å²) in [5.74, 6) is -11.8. The van der Waals surface area contributed by atoms with Gasteiger partial charge in [-0.05, 0) is 35.9 Å².